The molecule has 0 spiro atoms. The Kier molecular flexibility index (Phi) is 9.87. The molecule has 0 aromatic heterocycles. The van der Waals surface area contributed by atoms with Crippen LogP contribution in [0.15, 0.2) is 29.3 Å². The predicted molar refractivity (Wildman–Crippen MR) is 124 cm³/mol. The SMILES string of the molecule is CN=C(NCC(C)(C)c1ccccc1Cl)N1CCC(CC(=O)NC)CC1.I. The van der Waals surface area contributed by atoms with E-state index < -0.39 is 0 Å². The lowest BCUT2D eigenvalue weighted by molar-refractivity contribution is -0.121. The number of likely N-dealkylation sites (tertiary alicyclic amines) is 1. The van der Waals surface area contributed by atoms with E-state index in [4.69, 9.17) is 11.6 Å². The topological polar surface area (TPSA) is 56.7 Å². The fourth-order valence-corrected chi connectivity index (χ4v) is 3.84. The zero-order chi connectivity index (χ0) is 19.2. The number of aliphatic imine (C=N–C) groups is 1. The lowest BCUT2D eigenvalue weighted by Gasteiger charge is -2.35. The van der Waals surface area contributed by atoms with Gasteiger partial charge in [0.15, 0.2) is 5.96 Å². The molecule has 0 bridgehead atoms. The van der Waals surface area contributed by atoms with Crippen molar-refractivity contribution in [3.63, 3.8) is 0 Å². The van der Waals surface area contributed by atoms with Crippen LogP contribution >= 0.6 is 35.6 Å². The molecule has 1 aromatic rings. The Balaban J connectivity index is 0.00000364. The molecule has 1 aliphatic heterocycles. The highest BCUT2D eigenvalue weighted by Gasteiger charge is 2.26. The number of carbonyl (C=O) groups excluding carboxylic acids is 1. The van der Waals surface area contributed by atoms with E-state index in [1.165, 1.54) is 0 Å². The molecular weight excluding hydrogens is 475 g/mol. The van der Waals surface area contributed by atoms with Gasteiger partial charge in [-0.1, -0.05) is 43.6 Å². The molecule has 0 atom stereocenters. The van der Waals surface area contributed by atoms with E-state index in [-0.39, 0.29) is 35.3 Å². The summed E-state index contributed by atoms with van der Waals surface area (Å²) >= 11 is 6.38. The minimum atomic E-state index is -0.105. The Hall–Kier alpha value is -1.02. The summed E-state index contributed by atoms with van der Waals surface area (Å²) < 4.78 is 0. The number of halogens is 2. The van der Waals surface area contributed by atoms with Crippen LogP contribution in [0.25, 0.3) is 0 Å². The first-order valence-electron chi connectivity index (χ1n) is 9.28. The molecule has 0 saturated carbocycles. The second-order valence-corrected chi connectivity index (χ2v) is 7.98. The van der Waals surface area contributed by atoms with Crippen molar-refractivity contribution < 1.29 is 4.79 Å². The fourth-order valence-electron chi connectivity index (χ4n) is 3.45. The van der Waals surface area contributed by atoms with E-state index in [1.807, 2.05) is 25.2 Å². The number of carbonyl (C=O) groups is 1. The van der Waals surface area contributed by atoms with Crippen LogP contribution in [0.3, 0.4) is 0 Å². The Bertz CT molecular complexity index is 643. The highest BCUT2D eigenvalue weighted by Crippen LogP contribution is 2.29. The number of nitrogens with zero attached hydrogens (tertiary/aromatic N) is 2. The molecule has 2 rings (SSSR count). The third kappa shape index (κ3) is 6.82. The van der Waals surface area contributed by atoms with Gasteiger partial charge < -0.3 is 15.5 Å². The lowest BCUT2D eigenvalue weighted by Crippen LogP contribution is -2.48. The number of piperidine rings is 1. The van der Waals surface area contributed by atoms with E-state index in [0.717, 1.165) is 49.0 Å². The second kappa shape index (κ2) is 11.1. The van der Waals surface area contributed by atoms with Gasteiger partial charge >= 0.3 is 0 Å². The van der Waals surface area contributed by atoms with Gasteiger partial charge in [-0.25, -0.2) is 0 Å². The Morgan fingerprint density at radius 2 is 1.93 bits per heavy atom. The summed E-state index contributed by atoms with van der Waals surface area (Å²) in [5.41, 5.74) is 1.03. The summed E-state index contributed by atoms with van der Waals surface area (Å²) in [7, 11) is 3.52. The van der Waals surface area contributed by atoms with Crippen LogP contribution in [0.2, 0.25) is 5.02 Å². The van der Waals surface area contributed by atoms with Gasteiger partial charge in [-0.2, -0.15) is 0 Å². The van der Waals surface area contributed by atoms with E-state index in [9.17, 15) is 4.79 Å². The lowest BCUT2D eigenvalue weighted by atomic mass is 9.84. The molecule has 1 aromatic carbocycles. The van der Waals surface area contributed by atoms with E-state index in [2.05, 4.69) is 40.4 Å². The molecule has 0 radical (unpaired) electrons. The van der Waals surface area contributed by atoms with Crippen LogP contribution < -0.4 is 10.6 Å². The number of amides is 1. The largest absolute Gasteiger partial charge is 0.359 e. The Morgan fingerprint density at radius 3 is 2.48 bits per heavy atom. The third-order valence-corrected chi connectivity index (χ3v) is 5.50. The van der Waals surface area contributed by atoms with Crippen LogP contribution in [0, 0.1) is 5.92 Å². The summed E-state index contributed by atoms with van der Waals surface area (Å²) in [6.07, 6.45) is 2.65. The first-order chi connectivity index (χ1) is 12.4. The number of hydrogen-bond acceptors (Lipinski definition) is 2. The Labute approximate surface area is 185 Å². The monoisotopic (exact) mass is 506 g/mol. The van der Waals surface area contributed by atoms with Crippen LogP contribution in [-0.4, -0.2) is 50.5 Å². The first kappa shape index (κ1) is 24.0. The maximum absolute atomic E-state index is 11.6. The highest BCUT2D eigenvalue weighted by atomic mass is 127. The van der Waals surface area contributed by atoms with Crippen molar-refractivity contribution >= 4 is 47.4 Å². The van der Waals surface area contributed by atoms with Crippen LogP contribution in [0.1, 0.15) is 38.7 Å². The molecule has 5 nitrogen and oxygen atoms in total. The van der Waals surface area contributed by atoms with Gasteiger partial charge in [0.25, 0.3) is 0 Å². The average Bonchev–Trinajstić information content (AvgIpc) is 2.63. The summed E-state index contributed by atoms with van der Waals surface area (Å²) in [5.74, 6) is 1.51. The Morgan fingerprint density at radius 1 is 1.30 bits per heavy atom. The molecule has 1 fully saturated rings. The van der Waals surface area contributed by atoms with Crippen molar-refractivity contribution in [2.24, 2.45) is 10.9 Å². The van der Waals surface area contributed by atoms with Gasteiger partial charge in [0.1, 0.15) is 0 Å². The van der Waals surface area contributed by atoms with Gasteiger partial charge in [-0.15, -0.1) is 24.0 Å². The van der Waals surface area contributed by atoms with Crippen molar-refractivity contribution in [3.8, 4) is 0 Å². The fraction of sp³-hybridized carbons (Fsp3) is 0.600. The van der Waals surface area contributed by atoms with Gasteiger partial charge in [-0.05, 0) is 30.4 Å². The number of hydrogen-bond donors (Lipinski definition) is 2. The van der Waals surface area contributed by atoms with E-state index in [0.29, 0.717) is 12.3 Å². The summed E-state index contributed by atoms with van der Waals surface area (Å²) in [5, 5.41) is 7.02. The molecular formula is C20H32ClIN4O. The van der Waals surface area contributed by atoms with Crippen molar-refractivity contribution in [2.45, 2.75) is 38.5 Å². The zero-order valence-electron chi connectivity index (χ0n) is 16.7. The van der Waals surface area contributed by atoms with Gasteiger partial charge in [0.2, 0.25) is 5.91 Å². The highest BCUT2D eigenvalue weighted by molar-refractivity contribution is 14.0. The van der Waals surface area contributed by atoms with Gasteiger partial charge in [0, 0.05) is 50.6 Å². The minimum Gasteiger partial charge on any atom is -0.359 e. The maximum Gasteiger partial charge on any atom is 0.220 e. The third-order valence-electron chi connectivity index (χ3n) is 5.17. The van der Waals surface area contributed by atoms with Crippen LogP contribution in [-0.2, 0) is 10.2 Å². The standard InChI is InChI=1S/C20H31ClN4O.HI/c1-20(2,16-7-5-6-8-17(16)21)14-24-19(23-4)25-11-9-15(10-12-25)13-18(26)22-3;/h5-8,15H,9-14H2,1-4H3,(H,22,26)(H,23,24);1H. The van der Waals surface area contributed by atoms with Crippen LogP contribution in [0.4, 0.5) is 0 Å². The maximum atomic E-state index is 11.6. The average molecular weight is 507 g/mol. The van der Waals surface area contributed by atoms with Crippen molar-refractivity contribution in [1.29, 1.82) is 0 Å². The number of benzene rings is 1. The molecule has 1 aliphatic rings. The quantitative estimate of drug-likeness (QED) is 0.364. The number of rotatable bonds is 5. The molecule has 152 valence electrons. The number of guanidine groups is 1. The normalized spacial score (nSPS) is 15.9. The van der Waals surface area contributed by atoms with E-state index in [1.54, 1.807) is 7.05 Å². The first-order valence-corrected chi connectivity index (χ1v) is 9.66. The summed E-state index contributed by atoms with van der Waals surface area (Å²) in [4.78, 5) is 18.3. The summed E-state index contributed by atoms with van der Waals surface area (Å²) in [6.45, 7) is 6.97. The molecule has 0 unspecified atom stereocenters. The second-order valence-electron chi connectivity index (χ2n) is 7.57. The van der Waals surface area contributed by atoms with Gasteiger partial charge in [-0.3, -0.25) is 9.79 Å². The zero-order valence-corrected chi connectivity index (χ0v) is 19.8. The molecule has 27 heavy (non-hydrogen) atoms. The van der Waals surface area contributed by atoms with Crippen LogP contribution in [0.5, 0.6) is 0 Å². The molecule has 7 heteroatoms. The molecule has 1 heterocycles. The minimum absolute atomic E-state index is 0. The van der Waals surface area contributed by atoms with Crippen molar-refractivity contribution in [1.82, 2.24) is 15.5 Å². The van der Waals surface area contributed by atoms with Gasteiger partial charge in [0.05, 0.1) is 0 Å². The summed E-state index contributed by atoms with van der Waals surface area (Å²) in [6, 6.07) is 7.99. The van der Waals surface area contributed by atoms with Crippen molar-refractivity contribution in [2.75, 3.05) is 33.7 Å². The molecule has 0 aliphatic carbocycles. The molecule has 1 saturated heterocycles. The smallest absolute Gasteiger partial charge is 0.220 e. The molecule has 1 amide bonds. The number of nitrogens with one attached hydrogen (secondary N) is 2. The molecule has 2 N–H and O–H groups in total. The van der Waals surface area contributed by atoms with E-state index >= 15 is 0 Å². The van der Waals surface area contributed by atoms with Crippen molar-refractivity contribution in [3.05, 3.63) is 34.9 Å². The predicted octanol–water partition coefficient (Wildman–Crippen LogP) is 3.66.